The zero-order chi connectivity index (χ0) is 15.9. The molecule has 1 aliphatic carbocycles. The number of nitrogens with zero attached hydrogens (tertiary/aromatic N) is 5. The molecule has 1 saturated carbocycles. The molecule has 1 fully saturated rings. The number of hydrogen-bond acceptors (Lipinski definition) is 5. The van der Waals surface area contributed by atoms with Crippen LogP contribution >= 0.6 is 0 Å². The van der Waals surface area contributed by atoms with Gasteiger partial charge in [-0.1, -0.05) is 12.1 Å². The third-order valence-corrected chi connectivity index (χ3v) is 4.21. The van der Waals surface area contributed by atoms with E-state index in [9.17, 15) is 9.70 Å². The standard InChI is InChI=1S/C14H22N6O2/c1-10-5-13(6-10)20-8-12(16-9-20)7-11(14(21)18-22)3-2-4-17-19-15/h8-11,13H,2-7H2,1H3,(H2,15,17). The third kappa shape index (κ3) is 4.19. The van der Waals surface area contributed by atoms with Gasteiger partial charge in [-0.2, -0.15) is 5.11 Å². The highest BCUT2D eigenvalue weighted by molar-refractivity contribution is 5.79. The molecule has 1 atom stereocenters. The average Bonchev–Trinajstić information content (AvgIpc) is 2.94. The Labute approximate surface area is 129 Å². The highest BCUT2D eigenvalue weighted by Gasteiger charge is 2.27. The first kappa shape index (κ1) is 16.3. The molecule has 8 heteroatoms. The summed E-state index contributed by atoms with van der Waals surface area (Å²) in [4.78, 5) is 26.5. The van der Waals surface area contributed by atoms with Crippen LogP contribution in [-0.4, -0.2) is 22.0 Å². The lowest BCUT2D eigenvalue weighted by molar-refractivity contribution is -0.121. The molecule has 0 spiro atoms. The van der Waals surface area contributed by atoms with E-state index in [1.807, 2.05) is 12.5 Å². The van der Waals surface area contributed by atoms with Crippen molar-refractivity contribution in [2.45, 2.75) is 45.1 Å². The van der Waals surface area contributed by atoms with Gasteiger partial charge in [-0.05, 0) is 31.6 Å². The van der Waals surface area contributed by atoms with Crippen LogP contribution in [0, 0.1) is 16.7 Å². The molecule has 0 aromatic carbocycles. The first-order chi connectivity index (χ1) is 10.6. The van der Waals surface area contributed by atoms with Crippen LogP contribution < -0.4 is 5.84 Å². The van der Waals surface area contributed by atoms with Crippen LogP contribution in [0.2, 0.25) is 0 Å². The van der Waals surface area contributed by atoms with Crippen molar-refractivity contribution in [2.75, 3.05) is 6.54 Å². The molecule has 120 valence electrons. The number of aromatic nitrogens is 2. The molecular formula is C14H22N6O2. The summed E-state index contributed by atoms with van der Waals surface area (Å²) in [6.07, 6.45) is 7.70. The number of imidazole rings is 1. The quantitative estimate of drug-likeness (QED) is 0.261. The Balaban J connectivity index is 1.91. The molecule has 2 rings (SSSR count). The lowest BCUT2D eigenvalue weighted by atomic mass is 9.82. The van der Waals surface area contributed by atoms with Gasteiger partial charge < -0.3 is 10.4 Å². The van der Waals surface area contributed by atoms with Gasteiger partial charge in [0.15, 0.2) is 0 Å². The largest absolute Gasteiger partial charge is 0.334 e. The topological polar surface area (TPSA) is 115 Å². The molecule has 1 unspecified atom stereocenters. The van der Waals surface area contributed by atoms with Crippen molar-refractivity contribution in [2.24, 2.45) is 33.2 Å². The molecule has 1 aliphatic rings. The molecule has 2 N–H and O–H groups in total. The summed E-state index contributed by atoms with van der Waals surface area (Å²) in [5, 5.41) is 9.38. The minimum atomic E-state index is -0.628. The van der Waals surface area contributed by atoms with Crippen molar-refractivity contribution in [3.05, 3.63) is 23.1 Å². The highest BCUT2D eigenvalue weighted by atomic mass is 16.3. The molecule has 1 aromatic heterocycles. The molecule has 0 aliphatic heterocycles. The zero-order valence-corrected chi connectivity index (χ0v) is 12.8. The van der Waals surface area contributed by atoms with E-state index in [1.54, 1.807) is 0 Å². The van der Waals surface area contributed by atoms with Gasteiger partial charge in [-0.3, -0.25) is 4.79 Å². The predicted molar refractivity (Wildman–Crippen MR) is 80.8 cm³/mol. The lowest BCUT2D eigenvalue weighted by Gasteiger charge is -2.33. The first-order valence-corrected chi connectivity index (χ1v) is 7.60. The number of amides is 1. The lowest BCUT2D eigenvalue weighted by Crippen LogP contribution is -2.23. The van der Waals surface area contributed by atoms with E-state index in [2.05, 4.69) is 32.0 Å². The highest BCUT2D eigenvalue weighted by Crippen LogP contribution is 2.37. The Morgan fingerprint density at radius 3 is 2.95 bits per heavy atom. The summed E-state index contributed by atoms with van der Waals surface area (Å²) >= 11 is 0. The average molecular weight is 306 g/mol. The van der Waals surface area contributed by atoms with E-state index in [1.165, 1.54) is 0 Å². The predicted octanol–water partition coefficient (Wildman–Crippen LogP) is 2.41. The SMILES string of the molecule is CC1CC(n2cnc(CC(CCCN=NN)C(=O)N=O)c2)C1. The van der Waals surface area contributed by atoms with Crippen LogP contribution in [0.3, 0.4) is 0 Å². The zero-order valence-electron chi connectivity index (χ0n) is 12.8. The minimum absolute atomic E-state index is 0.430. The van der Waals surface area contributed by atoms with E-state index < -0.39 is 11.8 Å². The molecule has 0 bridgehead atoms. The van der Waals surface area contributed by atoms with Gasteiger partial charge in [0.1, 0.15) is 0 Å². The summed E-state index contributed by atoms with van der Waals surface area (Å²) < 4.78 is 2.11. The number of nitrogens with two attached hydrogens (primary N) is 1. The minimum Gasteiger partial charge on any atom is -0.334 e. The maximum Gasteiger partial charge on any atom is 0.289 e. The fourth-order valence-corrected chi connectivity index (χ4v) is 2.89. The molecule has 0 radical (unpaired) electrons. The Bertz CT molecular complexity index is 535. The normalized spacial score (nSPS) is 22.4. The van der Waals surface area contributed by atoms with Crippen LogP contribution in [0.5, 0.6) is 0 Å². The summed E-state index contributed by atoms with van der Waals surface area (Å²) in [6, 6.07) is 0.513. The molecule has 1 aromatic rings. The molecule has 1 amide bonds. The smallest absolute Gasteiger partial charge is 0.289 e. The number of nitroso groups, excluding NO2 is 1. The molecule has 0 saturated heterocycles. The first-order valence-electron chi connectivity index (χ1n) is 7.60. The number of hydrogen-bond donors (Lipinski definition) is 1. The van der Waals surface area contributed by atoms with Crippen molar-refractivity contribution in [3.8, 4) is 0 Å². The maximum atomic E-state index is 11.6. The van der Waals surface area contributed by atoms with Crippen LogP contribution in [0.25, 0.3) is 0 Å². The fourth-order valence-electron chi connectivity index (χ4n) is 2.89. The summed E-state index contributed by atoms with van der Waals surface area (Å²) in [7, 11) is 0. The van der Waals surface area contributed by atoms with E-state index in [0.717, 1.165) is 24.5 Å². The Morgan fingerprint density at radius 1 is 1.55 bits per heavy atom. The van der Waals surface area contributed by atoms with Crippen molar-refractivity contribution in [1.82, 2.24) is 9.55 Å². The van der Waals surface area contributed by atoms with Crippen LogP contribution in [0.4, 0.5) is 0 Å². The Kier molecular flexibility index (Phi) is 5.74. The monoisotopic (exact) mass is 306 g/mol. The Morgan fingerprint density at radius 2 is 2.32 bits per heavy atom. The van der Waals surface area contributed by atoms with Crippen molar-refractivity contribution in [1.29, 1.82) is 0 Å². The Hall–Kier alpha value is -2.12. The van der Waals surface area contributed by atoms with Crippen molar-refractivity contribution >= 4 is 5.91 Å². The van der Waals surface area contributed by atoms with E-state index in [4.69, 9.17) is 5.84 Å². The summed E-state index contributed by atoms with van der Waals surface area (Å²) in [5.74, 6) is 4.61. The number of rotatable bonds is 8. The molecular weight excluding hydrogens is 284 g/mol. The summed E-state index contributed by atoms with van der Waals surface area (Å²) in [6.45, 7) is 2.67. The van der Waals surface area contributed by atoms with Gasteiger partial charge in [0, 0.05) is 29.8 Å². The van der Waals surface area contributed by atoms with Gasteiger partial charge in [0.2, 0.25) is 0 Å². The van der Waals surface area contributed by atoms with Crippen LogP contribution in [0.15, 0.2) is 28.0 Å². The van der Waals surface area contributed by atoms with Gasteiger partial charge >= 0.3 is 0 Å². The van der Waals surface area contributed by atoms with Gasteiger partial charge in [-0.25, -0.2) is 4.98 Å². The van der Waals surface area contributed by atoms with Gasteiger partial charge in [0.05, 0.1) is 18.6 Å². The maximum absolute atomic E-state index is 11.6. The second kappa shape index (κ2) is 7.77. The van der Waals surface area contributed by atoms with Crippen molar-refractivity contribution in [3.63, 3.8) is 0 Å². The number of carbonyl (C=O) groups is 1. The fraction of sp³-hybridized carbons (Fsp3) is 0.714. The second-order valence-corrected chi connectivity index (χ2v) is 6.00. The van der Waals surface area contributed by atoms with Crippen LogP contribution in [-0.2, 0) is 11.2 Å². The van der Waals surface area contributed by atoms with E-state index in [-0.39, 0.29) is 0 Å². The molecule has 8 nitrogen and oxygen atoms in total. The molecule has 1 heterocycles. The summed E-state index contributed by atoms with van der Waals surface area (Å²) in [5.41, 5.74) is 0.821. The number of carbonyl (C=O) groups excluding carboxylic acids is 1. The van der Waals surface area contributed by atoms with Gasteiger partial charge in [0.25, 0.3) is 5.91 Å². The molecule has 22 heavy (non-hydrogen) atoms. The second-order valence-electron chi connectivity index (χ2n) is 6.00. The van der Waals surface area contributed by atoms with E-state index in [0.29, 0.717) is 31.8 Å². The third-order valence-electron chi connectivity index (χ3n) is 4.21. The van der Waals surface area contributed by atoms with Gasteiger partial charge in [-0.15, -0.1) is 4.91 Å². The van der Waals surface area contributed by atoms with Crippen LogP contribution in [0.1, 0.15) is 44.3 Å². The van der Waals surface area contributed by atoms with E-state index >= 15 is 0 Å². The van der Waals surface area contributed by atoms with Crippen molar-refractivity contribution < 1.29 is 4.79 Å².